The molecule has 2 aromatic rings. The summed E-state index contributed by atoms with van der Waals surface area (Å²) in [7, 11) is 1.59. The van der Waals surface area contributed by atoms with Gasteiger partial charge in [0.05, 0.1) is 7.11 Å². The summed E-state index contributed by atoms with van der Waals surface area (Å²) in [6, 6.07) is 11.5. The van der Waals surface area contributed by atoms with E-state index in [1.165, 1.54) is 0 Å². The van der Waals surface area contributed by atoms with Crippen molar-refractivity contribution in [3.63, 3.8) is 0 Å². The zero-order valence-electron chi connectivity index (χ0n) is 15.7. The molecule has 0 atom stereocenters. The normalized spacial score (nSPS) is 10.6. The van der Waals surface area contributed by atoms with Crippen molar-refractivity contribution >= 4 is 17.9 Å². The van der Waals surface area contributed by atoms with Crippen molar-refractivity contribution in [2.24, 2.45) is 0 Å². The highest BCUT2D eigenvalue weighted by Crippen LogP contribution is 2.28. The van der Waals surface area contributed by atoms with Gasteiger partial charge in [-0.2, -0.15) is 0 Å². The molecule has 2 rings (SSSR count). The Hall–Kier alpha value is -2.95. The minimum atomic E-state index is -0.504. The van der Waals surface area contributed by atoms with Gasteiger partial charge in [-0.05, 0) is 50.1 Å². The number of anilines is 1. The van der Waals surface area contributed by atoms with Crippen LogP contribution < -0.4 is 14.8 Å². The maximum atomic E-state index is 11.9. The van der Waals surface area contributed by atoms with Gasteiger partial charge in [-0.3, -0.25) is 5.32 Å². The monoisotopic (exact) mass is 355 g/mol. The SMILES string of the molecule is CC=Cc1ccc(OCCOC(=O)Nc2ccc(C)cc2C)c(OC)c1. The van der Waals surface area contributed by atoms with Crippen LogP contribution in [0, 0.1) is 13.8 Å². The number of rotatable bonds is 7. The first kappa shape index (κ1) is 19.4. The Kier molecular flexibility index (Phi) is 7.09. The highest BCUT2D eigenvalue weighted by atomic mass is 16.6. The van der Waals surface area contributed by atoms with E-state index in [-0.39, 0.29) is 13.2 Å². The van der Waals surface area contributed by atoms with Gasteiger partial charge in [0.1, 0.15) is 13.2 Å². The summed E-state index contributed by atoms with van der Waals surface area (Å²) in [5, 5.41) is 2.73. The molecular formula is C21H25NO4. The van der Waals surface area contributed by atoms with Gasteiger partial charge in [0.2, 0.25) is 0 Å². The fourth-order valence-electron chi connectivity index (χ4n) is 2.49. The number of amides is 1. The summed E-state index contributed by atoms with van der Waals surface area (Å²) in [6.07, 6.45) is 3.43. The summed E-state index contributed by atoms with van der Waals surface area (Å²) in [4.78, 5) is 11.9. The Morgan fingerprint density at radius 2 is 1.88 bits per heavy atom. The summed E-state index contributed by atoms with van der Waals surface area (Å²) in [5.74, 6) is 1.25. The predicted octanol–water partition coefficient (Wildman–Crippen LogP) is 4.97. The van der Waals surface area contributed by atoms with Crippen molar-refractivity contribution in [2.45, 2.75) is 20.8 Å². The van der Waals surface area contributed by atoms with Gasteiger partial charge in [-0.1, -0.05) is 35.9 Å². The molecule has 0 bridgehead atoms. The lowest BCUT2D eigenvalue weighted by molar-refractivity contribution is 0.136. The number of aryl methyl sites for hydroxylation is 2. The highest BCUT2D eigenvalue weighted by Gasteiger charge is 2.08. The molecule has 0 radical (unpaired) electrons. The molecule has 0 fully saturated rings. The van der Waals surface area contributed by atoms with Gasteiger partial charge in [0, 0.05) is 5.69 Å². The molecule has 5 nitrogen and oxygen atoms in total. The van der Waals surface area contributed by atoms with Crippen LogP contribution in [0.15, 0.2) is 42.5 Å². The molecule has 0 spiro atoms. The van der Waals surface area contributed by atoms with Crippen molar-refractivity contribution in [3.8, 4) is 11.5 Å². The van der Waals surface area contributed by atoms with E-state index in [0.29, 0.717) is 11.5 Å². The van der Waals surface area contributed by atoms with Crippen LogP contribution in [0.2, 0.25) is 0 Å². The molecule has 26 heavy (non-hydrogen) atoms. The summed E-state index contributed by atoms with van der Waals surface area (Å²) >= 11 is 0. The number of carbonyl (C=O) groups excluding carboxylic acids is 1. The fourth-order valence-corrected chi connectivity index (χ4v) is 2.49. The summed E-state index contributed by atoms with van der Waals surface area (Å²) in [5.41, 5.74) is 3.90. The first-order chi connectivity index (χ1) is 12.5. The van der Waals surface area contributed by atoms with Crippen LogP contribution in [0.5, 0.6) is 11.5 Å². The van der Waals surface area contributed by atoms with Crippen molar-refractivity contribution in [2.75, 3.05) is 25.6 Å². The molecule has 1 amide bonds. The van der Waals surface area contributed by atoms with E-state index in [1.807, 2.05) is 69.3 Å². The third-order valence-electron chi connectivity index (χ3n) is 3.74. The van der Waals surface area contributed by atoms with E-state index >= 15 is 0 Å². The minimum Gasteiger partial charge on any atom is -0.493 e. The largest absolute Gasteiger partial charge is 0.493 e. The average Bonchev–Trinajstić information content (AvgIpc) is 2.62. The topological polar surface area (TPSA) is 56.8 Å². The third-order valence-corrected chi connectivity index (χ3v) is 3.74. The molecule has 0 aliphatic carbocycles. The first-order valence-electron chi connectivity index (χ1n) is 8.48. The second-order valence-corrected chi connectivity index (χ2v) is 5.84. The van der Waals surface area contributed by atoms with E-state index in [1.54, 1.807) is 7.11 Å². The van der Waals surface area contributed by atoms with Crippen LogP contribution in [0.4, 0.5) is 10.5 Å². The standard InChI is InChI=1S/C21H25NO4/c1-5-6-17-8-10-19(20(14-17)24-4)25-11-12-26-21(23)22-18-9-7-15(2)13-16(18)3/h5-10,13-14H,11-12H2,1-4H3,(H,22,23). The molecule has 0 saturated heterocycles. The van der Waals surface area contributed by atoms with Crippen molar-refractivity contribution in [1.29, 1.82) is 0 Å². The maximum absolute atomic E-state index is 11.9. The van der Waals surface area contributed by atoms with Crippen molar-refractivity contribution < 1.29 is 19.0 Å². The molecule has 0 aliphatic rings. The van der Waals surface area contributed by atoms with Crippen LogP contribution in [0.1, 0.15) is 23.6 Å². The number of methoxy groups -OCH3 is 1. The quantitative estimate of drug-likeness (QED) is 0.712. The Balaban J connectivity index is 1.82. The Bertz CT molecular complexity index is 784. The van der Waals surface area contributed by atoms with E-state index in [0.717, 1.165) is 22.4 Å². The van der Waals surface area contributed by atoms with Crippen LogP contribution in [0.3, 0.4) is 0 Å². The summed E-state index contributed by atoms with van der Waals surface area (Å²) < 4.78 is 16.1. The lowest BCUT2D eigenvalue weighted by Crippen LogP contribution is -2.18. The zero-order valence-corrected chi connectivity index (χ0v) is 15.7. The number of carbonyl (C=O) groups is 1. The van der Waals surface area contributed by atoms with Gasteiger partial charge in [-0.25, -0.2) is 4.79 Å². The van der Waals surface area contributed by atoms with Gasteiger partial charge in [0.25, 0.3) is 0 Å². The molecule has 5 heteroatoms. The van der Waals surface area contributed by atoms with Gasteiger partial charge >= 0.3 is 6.09 Å². The van der Waals surface area contributed by atoms with Crippen LogP contribution >= 0.6 is 0 Å². The van der Waals surface area contributed by atoms with Gasteiger partial charge < -0.3 is 14.2 Å². The number of hydrogen-bond donors (Lipinski definition) is 1. The molecule has 0 saturated carbocycles. The maximum Gasteiger partial charge on any atom is 0.411 e. The molecule has 2 aromatic carbocycles. The van der Waals surface area contributed by atoms with Gasteiger partial charge in [0.15, 0.2) is 11.5 Å². The number of allylic oxidation sites excluding steroid dienone is 1. The molecule has 0 aliphatic heterocycles. The molecule has 0 heterocycles. The number of hydrogen-bond acceptors (Lipinski definition) is 4. The summed E-state index contributed by atoms with van der Waals surface area (Å²) in [6.45, 7) is 6.27. The molecule has 0 unspecified atom stereocenters. The van der Waals surface area contributed by atoms with E-state index < -0.39 is 6.09 Å². The minimum absolute atomic E-state index is 0.135. The second-order valence-electron chi connectivity index (χ2n) is 5.84. The average molecular weight is 355 g/mol. The second kappa shape index (κ2) is 9.51. The van der Waals surface area contributed by atoms with Crippen molar-refractivity contribution in [1.82, 2.24) is 0 Å². The smallest absolute Gasteiger partial charge is 0.411 e. The first-order valence-corrected chi connectivity index (χ1v) is 8.48. The Morgan fingerprint density at radius 3 is 2.58 bits per heavy atom. The van der Waals surface area contributed by atoms with E-state index in [9.17, 15) is 4.79 Å². The molecule has 0 aromatic heterocycles. The van der Waals surface area contributed by atoms with Crippen LogP contribution in [-0.2, 0) is 4.74 Å². The lowest BCUT2D eigenvalue weighted by Gasteiger charge is -2.12. The predicted molar refractivity (Wildman–Crippen MR) is 104 cm³/mol. The van der Waals surface area contributed by atoms with Crippen LogP contribution in [0.25, 0.3) is 6.08 Å². The Morgan fingerprint density at radius 1 is 1.08 bits per heavy atom. The zero-order chi connectivity index (χ0) is 18.9. The lowest BCUT2D eigenvalue weighted by atomic mass is 10.1. The number of nitrogens with one attached hydrogen (secondary N) is 1. The van der Waals surface area contributed by atoms with E-state index in [4.69, 9.17) is 14.2 Å². The van der Waals surface area contributed by atoms with Crippen LogP contribution in [-0.4, -0.2) is 26.4 Å². The fraction of sp³-hybridized carbons (Fsp3) is 0.286. The number of benzene rings is 2. The van der Waals surface area contributed by atoms with Gasteiger partial charge in [-0.15, -0.1) is 0 Å². The number of ether oxygens (including phenoxy) is 3. The van der Waals surface area contributed by atoms with Crippen molar-refractivity contribution in [3.05, 3.63) is 59.2 Å². The Labute approximate surface area is 154 Å². The molecule has 138 valence electrons. The van der Waals surface area contributed by atoms with E-state index in [2.05, 4.69) is 5.32 Å². The highest BCUT2D eigenvalue weighted by molar-refractivity contribution is 5.85. The molecule has 1 N–H and O–H groups in total. The third kappa shape index (κ3) is 5.55. The molecular weight excluding hydrogens is 330 g/mol.